The minimum Gasteiger partial charge on any atom is -0.502 e. The van der Waals surface area contributed by atoms with E-state index in [2.05, 4.69) is 36.0 Å². The number of phenols is 1. The Morgan fingerprint density at radius 2 is 1.85 bits per heavy atom. The number of methoxy groups -OCH3 is 2. The number of carbonyl (C=O) groups is 2. The number of anilines is 1. The molecule has 1 aromatic heterocycles. The SMILES string of the molecule is COc1cc(C2C3=C(CN(C(C)=O)C3=O)Nc3cccc4c3c2cn4C(C)C)cc(OC)c1O. The Hall–Kier alpha value is -3.94. The fourth-order valence-electron chi connectivity index (χ4n) is 5.09. The van der Waals surface area contributed by atoms with Gasteiger partial charge >= 0.3 is 0 Å². The normalized spacial score (nSPS) is 17.2. The Balaban J connectivity index is 1.85. The van der Waals surface area contributed by atoms with Crippen LogP contribution in [0.1, 0.15) is 43.9 Å². The number of nitrogens with zero attached hydrogens (tertiary/aromatic N) is 2. The summed E-state index contributed by atoms with van der Waals surface area (Å²) in [6.07, 6.45) is 2.08. The highest BCUT2D eigenvalue weighted by Gasteiger charge is 2.42. The zero-order valence-electron chi connectivity index (χ0n) is 19.8. The second kappa shape index (κ2) is 7.83. The summed E-state index contributed by atoms with van der Waals surface area (Å²) in [6, 6.07) is 9.69. The first-order valence-corrected chi connectivity index (χ1v) is 11.2. The van der Waals surface area contributed by atoms with E-state index in [1.54, 1.807) is 12.1 Å². The van der Waals surface area contributed by atoms with E-state index < -0.39 is 5.92 Å². The van der Waals surface area contributed by atoms with Crippen LogP contribution < -0.4 is 14.8 Å². The van der Waals surface area contributed by atoms with Crippen LogP contribution in [-0.2, 0) is 9.59 Å². The number of phenolic OH excluding ortho intramolecular Hbond substituents is 1. The first-order valence-electron chi connectivity index (χ1n) is 11.2. The smallest absolute Gasteiger partial charge is 0.259 e. The molecule has 0 spiro atoms. The molecule has 0 saturated carbocycles. The second-order valence-corrected chi connectivity index (χ2v) is 8.92. The van der Waals surface area contributed by atoms with Gasteiger partial charge in [0.2, 0.25) is 11.7 Å². The average molecular weight is 462 g/mol. The predicted octanol–water partition coefficient (Wildman–Crippen LogP) is 4.15. The lowest BCUT2D eigenvalue weighted by Crippen LogP contribution is -2.33. The molecule has 0 radical (unpaired) electrons. The number of aromatic nitrogens is 1. The van der Waals surface area contributed by atoms with E-state index in [-0.39, 0.29) is 41.6 Å². The van der Waals surface area contributed by atoms with Gasteiger partial charge < -0.3 is 24.5 Å². The molecule has 176 valence electrons. The minimum absolute atomic E-state index is 0.108. The number of nitrogens with one attached hydrogen (secondary N) is 1. The highest BCUT2D eigenvalue weighted by molar-refractivity contribution is 6.11. The van der Waals surface area contributed by atoms with Gasteiger partial charge in [-0.1, -0.05) is 6.07 Å². The lowest BCUT2D eigenvalue weighted by Gasteiger charge is -2.21. The van der Waals surface area contributed by atoms with Gasteiger partial charge in [0.1, 0.15) is 0 Å². The van der Waals surface area contributed by atoms with Crippen molar-refractivity contribution in [2.45, 2.75) is 32.7 Å². The average Bonchev–Trinajstić information content (AvgIpc) is 3.30. The van der Waals surface area contributed by atoms with Crippen LogP contribution >= 0.6 is 0 Å². The maximum absolute atomic E-state index is 13.6. The molecule has 2 N–H and O–H groups in total. The highest BCUT2D eigenvalue weighted by atomic mass is 16.5. The van der Waals surface area contributed by atoms with Crippen LogP contribution in [0.15, 0.2) is 47.8 Å². The van der Waals surface area contributed by atoms with Crippen LogP contribution in [0.3, 0.4) is 0 Å². The van der Waals surface area contributed by atoms with E-state index in [0.717, 1.165) is 27.7 Å². The van der Waals surface area contributed by atoms with E-state index in [1.165, 1.54) is 26.0 Å². The summed E-state index contributed by atoms with van der Waals surface area (Å²) in [5.74, 6) is -0.760. The Labute approximate surface area is 197 Å². The zero-order chi connectivity index (χ0) is 24.3. The van der Waals surface area contributed by atoms with E-state index in [0.29, 0.717) is 11.3 Å². The molecular formula is C26H27N3O5. The molecular weight excluding hydrogens is 434 g/mol. The molecule has 2 amide bonds. The maximum Gasteiger partial charge on any atom is 0.259 e. The van der Waals surface area contributed by atoms with Crippen molar-refractivity contribution in [1.29, 1.82) is 0 Å². The number of benzene rings is 2. The van der Waals surface area contributed by atoms with Crippen LogP contribution in [0.25, 0.3) is 10.9 Å². The van der Waals surface area contributed by atoms with Gasteiger partial charge in [0, 0.05) is 41.9 Å². The van der Waals surface area contributed by atoms with Gasteiger partial charge in [-0.2, -0.15) is 0 Å². The van der Waals surface area contributed by atoms with Crippen molar-refractivity contribution >= 4 is 28.4 Å². The van der Waals surface area contributed by atoms with E-state index in [1.807, 2.05) is 12.1 Å². The van der Waals surface area contributed by atoms with Crippen molar-refractivity contribution in [2.24, 2.45) is 0 Å². The standard InChI is InChI=1S/C26H27N3O5/c1-13(2)28-11-16-22(15-9-20(33-4)25(31)21(10-15)34-5)24-18(12-29(14(3)30)26(24)32)27-17-7-6-8-19(28)23(16)17/h6-11,13,22,27,31H,12H2,1-5H3. The van der Waals surface area contributed by atoms with Crippen LogP contribution in [0.2, 0.25) is 0 Å². The summed E-state index contributed by atoms with van der Waals surface area (Å²) in [4.78, 5) is 27.1. The highest BCUT2D eigenvalue weighted by Crippen LogP contribution is 2.49. The number of aromatic hydroxyl groups is 1. The van der Waals surface area contributed by atoms with Gasteiger partial charge in [-0.15, -0.1) is 0 Å². The zero-order valence-corrected chi connectivity index (χ0v) is 19.8. The van der Waals surface area contributed by atoms with Crippen molar-refractivity contribution in [3.05, 3.63) is 58.9 Å². The molecule has 0 saturated heterocycles. The molecule has 34 heavy (non-hydrogen) atoms. The first kappa shape index (κ1) is 21.9. The maximum atomic E-state index is 13.6. The van der Waals surface area contributed by atoms with E-state index >= 15 is 0 Å². The van der Waals surface area contributed by atoms with Crippen molar-refractivity contribution in [3.63, 3.8) is 0 Å². The number of hydrogen-bond donors (Lipinski definition) is 2. The summed E-state index contributed by atoms with van der Waals surface area (Å²) >= 11 is 0. The Morgan fingerprint density at radius 1 is 1.18 bits per heavy atom. The number of ether oxygens (including phenoxy) is 2. The Morgan fingerprint density at radius 3 is 2.44 bits per heavy atom. The summed E-state index contributed by atoms with van der Waals surface area (Å²) < 4.78 is 13.0. The lowest BCUT2D eigenvalue weighted by molar-refractivity contribution is -0.139. The van der Waals surface area contributed by atoms with Gasteiger partial charge in [-0.3, -0.25) is 14.5 Å². The molecule has 8 heteroatoms. The topological polar surface area (TPSA) is 93.0 Å². The quantitative estimate of drug-likeness (QED) is 0.607. The van der Waals surface area contributed by atoms with E-state index in [4.69, 9.17) is 9.47 Å². The molecule has 2 aliphatic heterocycles. The number of imide groups is 1. The van der Waals surface area contributed by atoms with Gasteiger partial charge in [0.15, 0.2) is 11.5 Å². The molecule has 5 rings (SSSR count). The number of hydrogen-bond acceptors (Lipinski definition) is 6. The predicted molar refractivity (Wildman–Crippen MR) is 128 cm³/mol. The monoisotopic (exact) mass is 461 g/mol. The van der Waals surface area contributed by atoms with Crippen LogP contribution in [0.5, 0.6) is 17.2 Å². The molecule has 0 bridgehead atoms. The first-order chi connectivity index (χ1) is 16.3. The molecule has 1 atom stereocenters. The number of amides is 2. The summed E-state index contributed by atoms with van der Waals surface area (Å²) in [5, 5.41) is 15.0. The molecule has 8 nitrogen and oxygen atoms in total. The lowest BCUT2D eigenvalue weighted by atomic mass is 9.84. The fourth-order valence-corrected chi connectivity index (χ4v) is 5.09. The van der Waals surface area contributed by atoms with Crippen LogP contribution in [-0.4, -0.2) is 47.2 Å². The Bertz CT molecular complexity index is 1360. The largest absolute Gasteiger partial charge is 0.502 e. The third-order valence-electron chi connectivity index (χ3n) is 6.66. The summed E-state index contributed by atoms with van der Waals surface area (Å²) in [5.41, 5.74) is 4.79. The van der Waals surface area contributed by atoms with Gasteiger partial charge in [-0.25, -0.2) is 0 Å². The van der Waals surface area contributed by atoms with Crippen molar-refractivity contribution in [2.75, 3.05) is 26.1 Å². The van der Waals surface area contributed by atoms with Crippen molar-refractivity contribution < 1.29 is 24.2 Å². The molecule has 2 aromatic carbocycles. The van der Waals surface area contributed by atoms with Crippen molar-refractivity contribution in [1.82, 2.24) is 9.47 Å². The third kappa shape index (κ3) is 3.05. The molecule has 3 aromatic rings. The van der Waals surface area contributed by atoms with Gasteiger partial charge in [-0.05, 0) is 49.2 Å². The van der Waals surface area contributed by atoms with E-state index in [9.17, 15) is 14.7 Å². The number of rotatable bonds is 4. The number of carbonyl (C=O) groups excluding carboxylic acids is 2. The second-order valence-electron chi connectivity index (χ2n) is 8.92. The third-order valence-corrected chi connectivity index (χ3v) is 6.66. The molecule has 3 heterocycles. The van der Waals surface area contributed by atoms with Gasteiger partial charge in [0.05, 0.1) is 31.9 Å². The van der Waals surface area contributed by atoms with Crippen molar-refractivity contribution in [3.8, 4) is 17.2 Å². The summed E-state index contributed by atoms with van der Waals surface area (Å²) in [7, 11) is 2.94. The molecule has 1 unspecified atom stereocenters. The molecule has 0 fully saturated rings. The minimum atomic E-state index is -0.506. The molecule has 2 aliphatic rings. The van der Waals surface area contributed by atoms with Crippen LogP contribution in [0, 0.1) is 0 Å². The fraction of sp³-hybridized carbons (Fsp3) is 0.308. The van der Waals surface area contributed by atoms with Gasteiger partial charge in [0.25, 0.3) is 5.91 Å². The summed E-state index contributed by atoms with van der Waals surface area (Å²) in [6.45, 7) is 5.80. The molecule has 0 aliphatic carbocycles. The van der Waals surface area contributed by atoms with Crippen LogP contribution in [0.4, 0.5) is 5.69 Å². The Kier molecular flexibility index (Phi) is 5.04.